The van der Waals surface area contributed by atoms with Crippen molar-refractivity contribution in [3.63, 3.8) is 0 Å². The van der Waals surface area contributed by atoms with E-state index in [2.05, 4.69) is 0 Å². The first kappa shape index (κ1) is 14.1. The van der Waals surface area contributed by atoms with Crippen LogP contribution in [0.15, 0.2) is 41.4 Å². The molecule has 0 amide bonds. The molecule has 0 unspecified atom stereocenters. The highest BCUT2D eigenvalue weighted by molar-refractivity contribution is 8.00. The fourth-order valence-electron chi connectivity index (χ4n) is 2.21. The zero-order valence-electron chi connectivity index (χ0n) is 11.9. The van der Waals surface area contributed by atoms with Crippen LogP contribution < -0.4 is 9.47 Å². The van der Waals surface area contributed by atoms with Gasteiger partial charge in [0, 0.05) is 24.6 Å². The number of Topliss-reactive ketones (excluding diaryl/α,β-unsaturated/α-hetero) is 1. The Hall–Kier alpha value is -1.88. The molecule has 0 spiro atoms. The standard InChI is InChI=1S/C16H17NO3S/c1-17-7-2-4-13(17)14(18)11-21-12-5-6-15-16(10-12)20-9-3-8-19-15/h2,4-7,10H,3,8-9,11H2,1H3. The average Bonchev–Trinajstić information content (AvgIpc) is 2.79. The van der Waals surface area contributed by atoms with Gasteiger partial charge >= 0.3 is 0 Å². The molecule has 2 heterocycles. The number of carbonyl (C=O) groups is 1. The predicted molar refractivity (Wildman–Crippen MR) is 82.5 cm³/mol. The molecule has 21 heavy (non-hydrogen) atoms. The maximum absolute atomic E-state index is 12.1. The summed E-state index contributed by atoms with van der Waals surface area (Å²) in [6.45, 7) is 1.36. The van der Waals surface area contributed by atoms with E-state index >= 15 is 0 Å². The third-order valence-corrected chi connectivity index (χ3v) is 4.31. The summed E-state index contributed by atoms with van der Waals surface area (Å²) in [6, 6.07) is 9.55. The number of ketones is 1. The van der Waals surface area contributed by atoms with Gasteiger partial charge in [0.25, 0.3) is 0 Å². The number of benzene rings is 1. The van der Waals surface area contributed by atoms with E-state index in [4.69, 9.17) is 9.47 Å². The van der Waals surface area contributed by atoms with Crippen molar-refractivity contribution in [1.82, 2.24) is 4.57 Å². The minimum atomic E-state index is 0.125. The van der Waals surface area contributed by atoms with Crippen LogP contribution in [-0.2, 0) is 7.05 Å². The molecule has 3 rings (SSSR count). The van der Waals surface area contributed by atoms with Crippen LogP contribution in [0.4, 0.5) is 0 Å². The Bertz CT molecular complexity index is 651. The van der Waals surface area contributed by atoms with Gasteiger partial charge < -0.3 is 14.0 Å². The highest BCUT2D eigenvalue weighted by atomic mass is 32.2. The van der Waals surface area contributed by atoms with E-state index < -0.39 is 0 Å². The van der Waals surface area contributed by atoms with Crippen LogP contribution in [0.25, 0.3) is 0 Å². The smallest absolute Gasteiger partial charge is 0.189 e. The zero-order chi connectivity index (χ0) is 14.7. The molecular formula is C16H17NO3S. The van der Waals surface area contributed by atoms with E-state index in [9.17, 15) is 4.79 Å². The number of rotatable bonds is 4. The van der Waals surface area contributed by atoms with Gasteiger partial charge in [0.1, 0.15) is 0 Å². The molecule has 0 radical (unpaired) electrons. The number of ether oxygens (including phenoxy) is 2. The SMILES string of the molecule is Cn1cccc1C(=O)CSc1ccc2c(c1)OCCCO2. The van der Waals surface area contributed by atoms with Crippen LogP contribution in [0, 0.1) is 0 Å². The summed E-state index contributed by atoms with van der Waals surface area (Å²) in [4.78, 5) is 13.2. The number of aryl methyl sites for hydroxylation is 1. The van der Waals surface area contributed by atoms with Crippen LogP contribution in [0.1, 0.15) is 16.9 Å². The summed E-state index contributed by atoms with van der Waals surface area (Å²) in [6.07, 6.45) is 2.77. The molecule has 110 valence electrons. The van der Waals surface area contributed by atoms with Crippen molar-refractivity contribution in [1.29, 1.82) is 0 Å². The molecule has 0 bridgehead atoms. The summed E-state index contributed by atoms with van der Waals surface area (Å²) < 4.78 is 13.1. The lowest BCUT2D eigenvalue weighted by Crippen LogP contribution is -2.07. The van der Waals surface area contributed by atoms with Crippen LogP contribution in [0.5, 0.6) is 11.5 Å². The fourth-order valence-corrected chi connectivity index (χ4v) is 3.01. The van der Waals surface area contributed by atoms with Gasteiger partial charge in [-0.25, -0.2) is 0 Å². The van der Waals surface area contributed by atoms with Gasteiger partial charge in [-0.1, -0.05) is 0 Å². The minimum Gasteiger partial charge on any atom is -0.490 e. The van der Waals surface area contributed by atoms with Gasteiger partial charge in [-0.15, -0.1) is 11.8 Å². The largest absolute Gasteiger partial charge is 0.490 e. The maximum atomic E-state index is 12.1. The number of thioether (sulfide) groups is 1. The second-order valence-corrected chi connectivity index (χ2v) is 5.92. The van der Waals surface area contributed by atoms with Gasteiger partial charge in [0.15, 0.2) is 17.3 Å². The lowest BCUT2D eigenvalue weighted by molar-refractivity contribution is 0.101. The first-order valence-electron chi connectivity index (χ1n) is 6.91. The number of hydrogen-bond donors (Lipinski definition) is 0. The topological polar surface area (TPSA) is 40.5 Å². The van der Waals surface area contributed by atoms with Gasteiger partial charge in [-0.2, -0.15) is 0 Å². The Kier molecular flexibility index (Phi) is 4.20. The number of hydrogen-bond acceptors (Lipinski definition) is 4. The lowest BCUT2D eigenvalue weighted by atomic mass is 10.3. The Morgan fingerprint density at radius 1 is 1.24 bits per heavy atom. The molecule has 0 saturated carbocycles. The monoisotopic (exact) mass is 303 g/mol. The molecule has 0 fully saturated rings. The number of nitrogens with zero attached hydrogens (tertiary/aromatic N) is 1. The van der Waals surface area contributed by atoms with Gasteiger partial charge in [-0.3, -0.25) is 4.79 Å². The molecule has 1 aliphatic rings. The second-order valence-electron chi connectivity index (χ2n) is 4.88. The summed E-state index contributed by atoms with van der Waals surface area (Å²) in [5.41, 5.74) is 0.733. The second kappa shape index (κ2) is 6.26. The van der Waals surface area contributed by atoms with Gasteiger partial charge in [0.05, 0.1) is 24.7 Å². The Morgan fingerprint density at radius 3 is 2.81 bits per heavy atom. The first-order chi connectivity index (χ1) is 10.2. The van der Waals surface area contributed by atoms with Gasteiger partial charge in [0.2, 0.25) is 0 Å². The van der Waals surface area contributed by atoms with E-state index in [0.29, 0.717) is 19.0 Å². The number of carbonyl (C=O) groups excluding carboxylic acids is 1. The molecule has 1 aliphatic heterocycles. The normalized spacial score (nSPS) is 13.8. The molecular weight excluding hydrogens is 286 g/mol. The van der Waals surface area contributed by atoms with E-state index in [1.54, 1.807) is 0 Å². The van der Waals surface area contributed by atoms with Crippen LogP contribution >= 0.6 is 11.8 Å². The zero-order valence-corrected chi connectivity index (χ0v) is 12.7. The van der Waals surface area contributed by atoms with Gasteiger partial charge in [-0.05, 0) is 30.3 Å². The quantitative estimate of drug-likeness (QED) is 0.642. The van der Waals surface area contributed by atoms with Crippen molar-refractivity contribution >= 4 is 17.5 Å². The van der Waals surface area contributed by atoms with Crippen molar-refractivity contribution in [2.75, 3.05) is 19.0 Å². The number of aromatic nitrogens is 1. The van der Waals surface area contributed by atoms with Crippen molar-refractivity contribution in [3.8, 4) is 11.5 Å². The van der Waals surface area contributed by atoms with Crippen molar-refractivity contribution in [3.05, 3.63) is 42.2 Å². The molecule has 2 aromatic rings. The van der Waals surface area contributed by atoms with E-state index in [1.807, 2.05) is 48.1 Å². The maximum Gasteiger partial charge on any atom is 0.189 e. The van der Waals surface area contributed by atoms with Crippen LogP contribution in [0.3, 0.4) is 0 Å². The first-order valence-corrected chi connectivity index (χ1v) is 7.89. The van der Waals surface area contributed by atoms with E-state index in [-0.39, 0.29) is 5.78 Å². The van der Waals surface area contributed by atoms with Crippen molar-refractivity contribution in [2.24, 2.45) is 7.05 Å². The molecule has 4 nitrogen and oxygen atoms in total. The highest BCUT2D eigenvalue weighted by Crippen LogP contribution is 2.34. The molecule has 5 heteroatoms. The molecule has 0 N–H and O–H groups in total. The van der Waals surface area contributed by atoms with Crippen LogP contribution in [-0.4, -0.2) is 29.3 Å². The highest BCUT2D eigenvalue weighted by Gasteiger charge is 2.13. The van der Waals surface area contributed by atoms with Crippen molar-refractivity contribution < 1.29 is 14.3 Å². The lowest BCUT2D eigenvalue weighted by Gasteiger charge is -2.09. The Morgan fingerprint density at radius 2 is 2.05 bits per heavy atom. The van der Waals surface area contributed by atoms with Crippen molar-refractivity contribution in [2.45, 2.75) is 11.3 Å². The third-order valence-electron chi connectivity index (χ3n) is 3.32. The minimum absolute atomic E-state index is 0.125. The fraction of sp³-hybridized carbons (Fsp3) is 0.312. The molecule has 0 atom stereocenters. The summed E-state index contributed by atoms with van der Waals surface area (Å²) in [7, 11) is 1.88. The number of fused-ring (bicyclic) bond motifs is 1. The molecule has 0 saturated heterocycles. The Balaban J connectivity index is 1.67. The van der Waals surface area contributed by atoms with E-state index in [1.165, 1.54) is 11.8 Å². The summed E-state index contributed by atoms with van der Waals surface area (Å²) in [5.74, 6) is 2.09. The summed E-state index contributed by atoms with van der Waals surface area (Å²) >= 11 is 1.52. The molecule has 0 aliphatic carbocycles. The molecule has 1 aromatic heterocycles. The predicted octanol–water partition coefficient (Wildman–Crippen LogP) is 3.16. The molecule has 1 aromatic carbocycles. The van der Waals surface area contributed by atoms with Crippen LogP contribution in [0.2, 0.25) is 0 Å². The average molecular weight is 303 g/mol. The third kappa shape index (κ3) is 3.24. The Labute approximate surface area is 128 Å². The van der Waals surface area contributed by atoms with E-state index in [0.717, 1.165) is 28.5 Å². The summed E-state index contributed by atoms with van der Waals surface area (Å²) in [5, 5.41) is 0.